The predicted molar refractivity (Wildman–Crippen MR) is 71.2 cm³/mol. The number of likely N-dealkylation sites (N-methyl/N-ethyl adjacent to an activating group) is 1. The van der Waals surface area contributed by atoms with E-state index in [1.54, 1.807) is 6.20 Å². The predicted octanol–water partition coefficient (Wildman–Crippen LogP) is 2.33. The SMILES string of the molecule is Cc1cccnc1C(C(=O)OC(C)(C)C)N(C)C. The highest BCUT2D eigenvalue weighted by Crippen LogP contribution is 2.23. The average Bonchev–Trinajstić information content (AvgIpc) is 2.17. The quantitative estimate of drug-likeness (QED) is 0.772. The van der Waals surface area contributed by atoms with Gasteiger partial charge in [-0.2, -0.15) is 0 Å². The maximum atomic E-state index is 12.2. The van der Waals surface area contributed by atoms with E-state index in [-0.39, 0.29) is 5.97 Å². The molecule has 1 aromatic heterocycles. The monoisotopic (exact) mass is 250 g/mol. The van der Waals surface area contributed by atoms with Crippen LogP contribution in [-0.2, 0) is 9.53 Å². The average molecular weight is 250 g/mol. The minimum absolute atomic E-state index is 0.269. The lowest BCUT2D eigenvalue weighted by atomic mass is 10.1. The number of ether oxygens (including phenoxy) is 1. The van der Waals surface area contributed by atoms with E-state index in [0.29, 0.717) is 0 Å². The van der Waals surface area contributed by atoms with Crippen molar-refractivity contribution in [2.45, 2.75) is 39.3 Å². The molecule has 100 valence electrons. The third-order valence-corrected chi connectivity index (χ3v) is 2.46. The molecule has 0 bridgehead atoms. The van der Waals surface area contributed by atoms with Gasteiger partial charge in [0.2, 0.25) is 0 Å². The zero-order valence-electron chi connectivity index (χ0n) is 12.0. The van der Waals surface area contributed by atoms with E-state index < -0.39 is 11.6 Å². The number of hydrogen-bond donors (Lipinski definition) is 0. The molecule has 0 aliphatic heterocycles. The van der Waals surface area contributed by atoms with Gasteiger partial charge in [0.05, 0.1) is 5.69 Å². The summed E-state index contributed by atoms with van der Waals surface area (Å²) in [5.74, 6) is -0.269. The second-order valence-corrected chi connectivity index (χ2v) is 5.61. The van der Waals surface area contributed by atoms with E-state index in [1.165, 1.54) is 0 Å². The van der Waals surface area contributed by atoms with Gasteiger partial charge in [-0.15, -0.1) is 0 Å². The van der Waals surface area contributed by atoms with Crippen molar-refractivity contribution >= 4 is 5.97 Å². The third kappa shape index (κ3) is 3.81. The van der Waals surface area contributed by atoms with Crippen LogP contribution in [0, 0.1) is 6.92 Å². The van der Waals surface area contributed by atoms with Gasteiger partial charge < -0.3 is 4.74 Å². The van der Waals surface area contributed by atoms with Crippen molar-refractivity contribution in [1.82, 2.24) is 9.88 Å². The Bertz CT molecular complexity index is 422. The highest BCUT2D eigenvalue weighted by Gasteiger charge is 2.30. The number of carbonyl (C=O) groups is 1. The molecule has 1 rings (SSSR count). The Balaban J connectivity index is 3.05. The second-order valence-electron chi connectivity index (χ2n) is 5.61. The number of carbonyl (C=O) groups excluding carboxylic acids is 1. The highest BCUT2D eigenvalue weighted by molar-refractivity contribution is 5.77. The molecule has 18 heavy (non-hydrogen) atoms. The van der Waals surface area contributed by atoms with Crippen LogP contribution < -0.4 is 0 Å². The Morgan fingerprint density at radius 1 is 1.39 bits per heavy atom. The van der Waals surface area contributed by atoms with Crippen molar-refractivity contribution in [3.05, 3.63) is 29.6 Å². The van der Waals surface area contributed by atoms with Crippen LogP contribution in [0.2, 0.25) is 0 Å². The first-order valence-electron chi connectivity index (χ1n) is 6.03. The van der Waals surface area contributed by atoms with Crippen molar-refractivity contribution in [2.75, 3.05) is 14.1 Å². The number of nitrogens with zero attached hydrogens (tertiary/aromatic N) is 2. The molecule has 0 saturated carbocycles. The third-order valence-electron chi connectivity index (χ3n) is 2.46. The molecule has 0 N–H and O–H groups in total. The summed E-state index contributed by atoms with van der Waals surface area (Å²) in [6, 6.07) is 3.34. The summed E-state index contributed by atoms with van der Waals surface area (Å²) >= 11 is 0. The van der Waals surface area contributed by atoms with Gasteiger partial charge in [-0.05, 0) is 53.4 Å². The summed E-state index contributed by atoms with van der Waals surface area (Å²) in [5.41, 5.74) is 1.24. The molecule has 4 heteroatoms. The van der Waals surface area contributed by atoms with Crippen molar-refractivity contribution in [3.8, 4) is 0 Å². The molecule has 1 atom stereocenters. The van der Waals surface area contributed by atoms with Gasteiger partial charge in [0.1, 0.15) is 5.60 Å². The smallest absolute Gasteiger partial charge is 0.330 e. The van der Waals surface area contributed by atoms with E-state index >= 15 is 0 Å². The Labute approximate surface area is 109 Å². The number of rotatable bonds is 3. The fourth-order valence-corrected chi connectivity index (χ4v) is 1.71. The number of pyridine rings is 1. The Morgan fingerprint density at radius 2 is 2.00 bits per heavy atom. The van der Waals surface area contributed by atoms with Crippen LogP contribution >= 0.6 is 0 Å². The van der Waals surface area contributed by atoms with Crippen molar-refractivity contribution < 1.29 is 9.53 Å². The molecule has 0 aliphatic carbocycles. The fraction of sp³-hybridized carbons (Fsp3) is 0.571. The van der Waals surface area contributed by atoms with Crippen LogP contribution in [0.3, 0.4) is 0 Å². The van der Waals surface area contributed by atoms with Gasteiger partial charge >= 0.3 is 5.97 Å². The zero-order chi connectivity index (χ0) is 13.9. The van der Waals surface area contributed by atoms with Crippen LogP contribution in [-0.4, -0.2) is 35.5 Å². The Kier molecular flexibility index (Phi) is 4.46. The van der Waals surface area contributed by atoms with Gasteiger partial charge in [-0.3, -0.25) is 9.88 Å². The van der Waals surface area contributed by atoms with E-state index in [0.717, 1.165) is 11.3 Å². The standard InChI is InChI=1S/C14H22N2O2/c1-10-8-7-9-15-11(10)12(16(5)6)13(17)18-14(2,3)4/h7-9,12H,1-6H3. The van der Waals surface area contributed by atoms with Crippen LogP contribution in [0.25, 0.3) is 0 Å². The van der Waals surface area contributed by atoms with Crippen LogP contribution in [0.1, 0.15) is 38.1 Å². The van der Waals surface area contributed by atoms with Gasteiger partial charge in [0, 0.05) is 6.20 Å². The largest absolute Gasteiger partial charge is 0.458 e. The van der Waals surface area contributed by atoms with Crippen molar-refractivity contribution in [2.24, 2.45) is 0 Å². The molecule has 1 aromatic rings. The first-order valence-corrected chi connectivity index (χ1v) is 6.03. The summed E-state index contributed by atoms with van der Waals surface area (Å²) in [7, 11) is 3.70. The van der Waals surface area contributed by atoms with Gasteiger partial charge in [-0.1, -0.05) is 6.07 Å². The van der Waals surface area contributed by atoms with E-state index in [2.05, 4.69) is 4.98 Å². The number of hydrogen-bond acceptors (Lipinski definition) is 4. The summed E-state index contributed by atoms with van der Waals surface area (Å²) in [6.45, 7) is 7.54. The molecule has 0 aromatic carbocycles. The molecule has 0 radical (unpaired) electrons. The van der Waals surface area contributed by atoms with Gasteiger partial charge in [0.25, 0.3) is 0 Å². The minimum atomic E-state index is -0.492. The lowest BCUT2D eigenvalue weighted by Crippen LogP contribution is -2.35. The lowest BCUT2D eigenvalue weighted by molar-refractivity contribution is -0.160. The van der Waals surface area contributed by atoms with Crippen molar-refractivity contribution in [3.63, 3.8) is 0 Å². The molecule has 0 amide bonds. The van der Waals surface area contributed by atoms with Crippen molar-refractivity contribution in [1.29, 1.82) is 0 Å². The Morgan fingerprint density at radius 3 is 2.44 bits per heavy atom. The lowest BCUT2D eigenvalue weighted by Gasteiger charge is -2.27. The van der Waals surface area contributed by atoms with E-state index in [4.69, 9.17) is 4.74 Å². The van der Waals surface area contributed by atoms with Crippen LogP contribution in [0.4, 0.5) is 0 Å². The zero-order valence-corrected chi connectivity index (χ0v) is 12.0. The molecule has 0 saturated heterocycles. The summed E-state index contributed by atoms with van der Waals surface area (Å²) in [4.78, 5) is 18.4. The van der Waals surface area contributed by atoms with E-state index in [9.17, 15) is 4.79 Å². The molecule has 0 aliphatic rings. The maximum absolute atomic E-state index is 12.2. The molecular weight excluding hydrogens is 228 g/mol. The minimum Gasteiger partial charge on any atom is -0.458 e. The second kappa shape index (κ2) is 5.48. The first-order chi connectivity index (χ1) is 8.22. The molecular formula is C14H22N2O2. The summed E-state index contributed by atoms with van der Waals surface area (Å²) < 4.78 is 5.45. The summed E-state index contributed by atoms with van der Waals surface area (Å²) in [6.07, 6.45) is 1.70. The molecule has 0 spiro atoms. The summed E-state index contributed by atoms with van der Waals surface area (Å²) in [5, 5.41) is 0. The van der Waals surface area contributed by atoms with Gasteiger partial charge in [-0.25, -0.2) is 4.79 Å². The maximum Gasteiger partial charge on any atom is 0.330 e. The van der Waals surface area contributed by atoms with Crippen LogP contribution in [0.5, 0.6) is 0 Å². The molecule has 4 nitrogen and oxygen atoms in total. The number of esters is 1. The fourth-order valence-electron chi connectivity index (χ4n) is 1.71. The Hall–Kier alpha value is -1.42. The molecule has 1 heterocycles. The molecule has 1 unspecified atom stereocenters. The first kappa shape index (κ1) is 14.6. The molecule has 0 fully saturated rings. The van der Waals surface area contributed by atoms with E-state index in [1.807, 2.05) is 58.8 Å². The topological polar surface area (TPSA) is 42.4 Å². The normalized spacial score (nSPS) is 13.5. The number of aromatic nitrogens is 1. The number of aryl methyl sites for hydroxylation is 1. The van der Waals surface area contributed by atoms with Gasteiger partial charge in [0.15, 0.2) is 6.04 Å². The highest BCUT2D eigenvalue weighted by atomic mass is 16.6. The van der Waals surface area contributed by atoms with Crippen LogP contribution in [0.15, 0.2) is 18.3 Å².